The number of thiophene rings is 1. The lowest BCUT2D eigenvalue weighted by molar-refractivity contribution is 0.0621. The Hall–Kier alpha value is -0.390. The van der Waals surface area contributed by atoms with Crippen LogP contribution in [0.3, 0.4) is 0 Å². The van der Waals surface area contributed by atoms with E-state index in [0.717, 1.165) is 34.7 Å². The quantitative estimate of drug-likeness (QED) is 0.926. The van der Waals surface area contributed by atoms with Gasteiger partial charge in [0.1, 0.15) is 0 Å². The number of halogens is 1. The largest absolute Gasteiger partial charge is 0.332 e. The first kappa shape index (κ1) is 12.1. The summed E-state index contributed by atoms with van der Waals surface area (Å²) in [6.07, 6.45) is 1.01. The van der Waals surface area contributed by atoms with E-state index in [9.17, 15) is 4.79 Å². The van der Waals surface area contributed by atoms with Crippen molar-refractivity contribution in [3.05, 3.63) is 20.8 Å². The fourth-order valence-corrected chi connectivity index (χ4v) is 3.10. The normalized spacial score (nSPS) is 15.9. The Morgan fingerprint density at radius 1 is 1.62 bits per heavy atom. The van der Waals surface area contributed by atoms with Gasteiger partial charge in [0.25, 0.3) is 5.91 Å². The van der Waals surface area contributed by atoms with Gasteiger partial charge in [0, 0.05) is 19.6 Å². The lowest BCUT2D eigenvalue weighted by atomic mass is 10.1. The Morgan fingerprint density at radius 3 is 2.81 bits per heavy atom. The summed E-state index contributed by atoms with van der Waals surface area (Å²) in [5.74, 6) is 0.170. The van der Waals surface area contributed by atoms with E-state index in [4.69, 9.17) is 0 Å². The highest BCUT2D eigenvalue weighted by molar-refractivity contribution is 9.11. The van der Waals surface area contributed by atoms with Crippen molar-refractivity contribution >= 4 is 33.2 Å². The summed E-state index contributed by atoms with van der Waals surface area (Å²) >= 11 is 4.90. The molecule has 0 aliphatic carbocycles. The fraction of sp³-hybridized carbons (Fsp3) is 0.545. The second-order valence-corrected chi connectivity index (χ2v) is 6.38. The highest BCUT2D eigenvalue weighted by atomic mass is 79.9. The van der Waals surface area contributed by atoms with Crippen LogP contribution in [0.4, 0.5) is 0 Å². The predicted octanol–water partition coefficient (Wildman–Crippen LogP) is 2.33. The van der Waals surface area contributed by atoms with Gasteiger partial charge in [-0.15, -0.1) is 11.3 Å². The first-order chi connectivity index (χ1) is 7.72. The van der Waals surface area contributed by atoms with E-state index in [0.29, 0.717) is 6.04 Å². The molecule has 1 saturated heterocycles. The maximum Gasteiger partial charge on any atom is 0.264 e. The summed E-state index contributed by atoms with van der Waals surface area (Å²) in [5, 5.41) is 3.21. The van der Waals surface area contributed by atoms with Crippen LogP contribution < -0.4 is 5.32 Å². The highest BCUT2D eigenvalue weighted by Crippen LogP contribution is 2.24. The van der Waals surface area contributed by atoms with Gasteiger partial charge in [-0.25, -0.2) is 0 Å². The number of hydrogen-bond donors (Lipinski definition) is 1. The van der Waals surface area contributed by atoms with Crippen molar-refractivity contribution in [3.8, 4) is 0 Å². The summed E-state index contributed by atoms with van der Waals surface area (Å²) in [7, 11) is 0. The molecule has 1 fully saturated rings. The number of hydrogen-bond acceptors (Lipinski definition) is 3. The van der Waals surface area contributed by atoms with E-state index in [-0.39, 0.29) is 5.91 Å². The summed E-state index contributed by atoms with van der Waals surface area (Å²) in [6.45, 7) is 4.81. The van der Waals surface area contributed by atoms with Gasteiger partial charge in [-0.05, 0) is 34.5 Å². The van der Waals surface area contributed by atoms with Crippen molar-refractivity contribution in [1.82, 2.24) is 10.2 Å². The molecule has 16 heavy (non-hydrogen) atoms. The standard InChI is InChI=1S/C11H15BrN2OS/c1-2-5-14(8-6-13-7-8)11(15)9-3-4-10(12)16-9/h3-4,8,13H,2,5-7H2,1H3. The fourth-order valence-electron chi connectivity index (χ4n) is 1.76. The van der Waals surface area contributed by atoms with Gasteiger partial charge >= 0.3 is 0 Å². The molecule has 0 radical (unpaired) electrons. The zero-order valence-electron chi connectivity index (χ0n) is 9.20. The molecule has 0 aromatic carbocycles. The zero-order valence-corrected chi connectivity index (χ0v) is 11.6. The minimum absolute atomic E-state index is 0.170. The van der Waals surface area contributed by atoms with Crippen LogP contribution in [0.15, 0.2) is 15.9 Å². The van der Waals surface area contributed by atoms with E-state index in [1.54, 1.807) is 0 Å². The van der Waals surface area contributed by atoms with E-state index in [1.165, 1.54) is 11.3 Å². The van der Waals surface area contributed by atoms with Crippen molar-refractivity contribution in [1.29, 1.82) is 0 Å². The van der Waals surface area contributed by atoms with Crippen LogP contribution in [-0.2, 0) is 0 Å². The first-order valence-electron chi connectivity index (χ1n) is 5.49. The number of nitrogens with one attached hydrogen (secondary N) is 1. The Bertz CT molecular complexity index is 376. The third-order valence-corrected chi connectivity index (χ3v) is 4.32. The third kappa shape index (κ3) is 2.47. The molecule has 1 aromatic rings. The molecule has 0 saturated carbocycles. The predicted molar refractivity (Wildman–Crippen MR) is 70.0 cm³/mol. The molecule has 0 atom stereocenters. The molecule has 1 aliphatic heterocycles. The van der Waals surface area contributed by atoms with E-state index in [2.05, 4.69) is 28.2 Å². The molecule has 5 heteroatoms. The molecular weight excluding hydrogens is 288 g/mol. The molecule has 0 unspecified atom stereocenters. The van der Waals surface area contributed by atoms with Gasteiger partial charge in [0.15, 0.2) is 0 Å². The Labute approximate surface area is 108 Å². The van der Waals surface area contributed by atoms with Crippen LogP contribution in [-0.4, -0.2) is 36.5 Å². The molecule has 0 bridgehead atoms. The summed E-state index contributed by atoms with van der Waals surface area (Å²) in [5.41, 5.74) is 0. The minimum atomic E-state index is 0.170. The number of amides is 1. The molecule has 2 rings (SSSR count). The SMILES string of the molecule is CCCN(C(=O)c1ccc(Br)s1)C1CNC1. The van der Waals surface area contributed by atoms with Gasteiger partial charge in [-0.2, -0.15) is 0 Å². The molecule has 0 spiro atoms. The molecule has 2 heterocycles. The average Bonchev–Trinajstić information content (AvgIpc) is 2.60. The lowest BCUT2D eigenvalue weighted by Gasteiger charge is -2.38. The summed E-state index contributed by atoms with van der Waals surface area (Å²) in [6, 6.07) is 4.21. The topological polar surface area (TPSA) is 32.3 Å². The number of carbonyl (C=O) groups excluding carboxylic acids is 1. The van der Waals surface area contributed by atoms with Gasteiger partial charge < -0.3 is 10.2 Å². The van der Waals surface area contributed by atoms with Crippen LogP contribution in [0.2, 0.25) is 0 Å². The lowest BCUT2D eigenvalue weighted by Crippen LogP contribution is -2.58. The second kappa shape index (κ2) is 5.29. The Morgan fingerprint density at radius 2 is 2.38 bits per heavy atom. The number of carbonyl (C=O) groups is 1. The smallest absolute Gasteiger partial charge is 0.264 e. The third-order valence-electron chi connectivity index (χ3n) is 2.71. The van der Waals surface area contributed by atoms with Crippen LogP contribution in [0.1, 0.15) is 23.0 Å². The maximum atomic E-state index is 12.3. The molecule has 88 valence electrons. The molecule has 1 amide bonds. The Kier molecular flexibility index (Phi) is 4.00. The molecule has 3 nitrogen and oxygen atoms in total. The van der Waals surface area contributed by atoms with Gasteiger partial charge in [-0.1, -0.05) is 6.92 Å². The monoisotopic (exact) mass is 302 g/mol. The first-order valence-corrected chi connectivity index (χ1v) is 7.10. The van der Waals surface area contributed by atoms with Crippen molar-refractivity contribution in [2.24, 2.45) is 0 Å². The van der Waals surface area contributed by atoms with E-state index >= 15 is 0 Å². The van der Waals surface area contributed by atoms with Crippen LogP contribution in [0.25, 0.3) is 0 Å². The van der Waals surface area contributed by atoms with E-state index in [1.807, 2.05) is 17.0 Å². The maximum absolute atomic E-state index is 12.3. The van der Waals surface area contributed by atoms with Crippen LogP contribution in [0.5, 0.6) is 0 Å². The number of nitrogens with zero attached hydrogens (tertiary/aromatic N) is 1. The molecular formula is C11H15BrN2OS. The summed E-state index contributed by atoms with van der Waals surface area (Å²) < 4.78 is 1.01. The van der Waals surface area contributed by atoms with Gasteiger partial charge in [0.2, 0.25) is 0 Å². The van der Waals surface area contributed by atoms with Crippen molar-refractivity contribution in [2.45, 2.75) is 19.4 Å². The molecule has 1 aromatic heterocycles. The van der Waals surface area contributed by atoms with Crippen LogP contribution >= 0.6 is 27.3 Å². The summed E-state index contributed by atoms with van der Waals surface area (Å²) in [4.78, 5) is 15.1. The van der Waals surface area contributed by atoms with Gasteiger partial charge in [-0.3, -0.25) is 4.79 Å². The average molecular weight is 303 g/mol. The Balaban J connectivity index is 2.09. The van der Waals surface area contributed by atoms with Crippen molar-refractivity contribution in [2.75, 3.05) is 19.6 Å². The van der Waals surface area contributed by atoms with Crippen LogP contribution in [0, 0.1) is 0 Å². The highest BCUT2D eigenvalue weighted by Gasteiger charge is 2.29. The van der Waals surface area contributed by atoms with Crippen molar-refractivity contribution < 1.29 is 4.79 Å². The van der Waals surface area contributed by atoms with Gasteiger partial charge in [0.05, 0.1) is 14.7 Å². The second-order valence-electron chi connectivity index (χ2n) is 3.91. The number of rotatable bonds is 4. The van der Waals surface area contributed by atoms with Crippen molar-refractivity contribution in [3.63, 3.8) is 0 Å². The molecule has 1 aliphatic rings. The minimum Gasteiger partial charge on any atom is -0.332 e. The zero-order chi connectivity index (χ0) is 11.5. The molecule has 1 N–H and O–H groups in total. The van der Waals surface area contributed by atoms with E-state index < -0.39 is 0 Å².